The van der Waals surface area contributed by atoms with Crippen LogP contribution in [0.15, 0.2) is 24.4 Å². The predicted octanol–water partition coefficient (Wildman–Crippen LogP) is 1.04. The van der Waals surface area contributed by atoms with Gasteiger partial charge in [-0.15, -0.1) is 0 Å². The van der Waals surface area contributed by atoms with Crippen molar-refractivity contribution in [1.29, 1.82) is 0 Å². The van der Waals surface area contributed by atoms with E-state index in [1.165, 1.54) is 0 Å². The first-order valence-corrected chi connectivity index (χ1v) is 7.69. The van der Waals surface area contributed by atoms with Crippen LogP contribution in [0, 0.1) is 0 Å². The second-order valence-electron chi connectivity index (χ2n) is 4.13. The zero-order valence-electron chi connectivity index (χ0n) is 10.4. The predicted molar refractivity (Wildman–Crippen MR) is 69.7 cm³/mol. The summed E-state index contributed by atoms with van der Waals surface area (Å²) in [5, 5.41) is 3.20. The Morgan fingerprint density at radius 1 is 1.41 bits per heavy atom. The van der Waals surface area contributed by atoms with E-state index < -0.39 is 9.84 Å². The van der Waals surface area contributed by atoms with Crippen molar-refractivity contribution in [3.8, 4) is 0 Å². The van der Waals surface area contributed by atoms with Crippen LogP contribution in [-0.4, -0.2) is 37.5 Å². The van der Waals surface area contributed by atoms with Gasteiger partial charge in [0.25, 0.3) is 0 Å². The van der Waals surface area contributed by atoms with Gasteiger partial charge in [0, 0.05) is 36.7 Å². The summed E-state index contributed by atoms with van der Waals surface area (Å²) in [7, 11) is -2.89. The fourth-order valence-electron chi connectivity index (χ4n) is 1.55. The Morgan fingerprint density at radius 2 is 2.18 bits per heavy atom. The number of hydrogen-bond acceptors (Lipinski definition) is 4. The van der Waals surface area contributed by atoms with Crippen LogP contribution in [0.1, 0.15) is 19.5 Å². The lowest BCUT2D eigenvalue weighted by Gasteiger charge is -2.13. The van der Waals surface area contributed by atoms with Gasteiger partial charge in [-0.2, -0.15) is 0 Å². The molecule has 0 saturated heterocycles. The zero-order chi connectivity index (χ0) is 12.7. The van der Waals surface area contributed by atoms with Crippen molar-refractivity contribution >= 4 is 9.84 Å². The van der Waals surface area contributed by atoms with E-state index in [0.717, 1.165) is 18.7 Å². The molecule has 17 heavy (non-hydrogen) atoms. The van der Waals surface area contributed by atoms with Crippen molar-refractivity contribution in [2.75, 3.05) is 18.1 Å². The molecule has 0 aliphatic carbocycles. The lowest BCUT2D eigenvalue weighted by molar-refractivity contribution is 0.557. The quantitative estimate of drug-likeness (QED) is 0.792. The van der Waals surface area contributed by atoms with Crippen molar-refractivity contribution in [2.24, 2.45) is 0 Å². The highest BCUT2D eigenvalue weighted by Crippen LogP contribution is 1.96. The molecule has 1 aromatic heterocycles. The van der Waals surface area contributed by atoms with Crippen LogP contribution in [0.4, 0.5) is 0 Å². The standard InChI is InChI=1S/C12H20N2O2S/c1-3-17(15,16)10-11(2)13-9-7-12-6-4-5-8-14-12/h4-6,8,11,13H,3,7,9-10H2,1-2H3. The van der Waals surface area contributed by atoms with E-state index in [-0.39, 0.29) is 17.5 Å². The SMILES string of the molecule is CCS(=O)(=O)CC(C)NCCc1ccccn1. The molecule has 0 spiro atoms. The molecule has 1 aromatic rings. The molecule has 0 fully saturated rings. The smallest absolute Gasteiger partial charge is 0.151 e. The minimum atomic E-state index is -2.89. The van der Waals surface area contributed by atoms with Gasteiger partial charge in [-0.3, -0.25) is 4.98 Å². The highest BCUT2D eigenvalue weighted by atomic mass is 32.2. The molecular formula is C12H20N2O2S. The summed E-state index contributed by atoms with van der Waals surface area (Å²) in [4.78, 5) is 4.21. The summed E-state index contributed by atoms with van der Waals surface area (Å²) in [5.41, 5.74) is 1.02. The first-order valence-electron chi connectivity index (χ1n) is 5.87. The van der Waals surface area contributed by atoms with Crippen LogP contribution >= 0.6 is 0 Å². The van der Waals surface area contributed by atoms with Gasteiger partial charge in [0.15, 0.2) is 9.84 Å². The molecule has 4 nitrogen and oxygen atoms in total. The van der Waals surface area contributed by atoms with Gasteiger partial charge in [-0.1, -0.05) is 13.0 Å². The van der Waals surface area contributed by atoms with Crippen LogP contribution in [0.2, 0.25) is 0 Å². The van der Waals surface area contributed by atoms with Gasteiger partial charge in [0.05, 0.1) is 5.75 Å². The van der Waals surface area contributed by atoms with Crippen molar-refractivity contribution in [1.82, 2.24) is 10.3 Å². The minimum Gasteiger partial charge on any atom is -0.313 e. The van der Waals surface area contributed by atoms with E-state index in [0.29, 0.717) is 0 Å². The highest BCUT2D eigenvalue weighted by molar-refractivity contribution is 7.91. The molecule has 1 heterocycles. The third-order valence-electron chi connectivity index (χ3n) is 2.54. The van der Waals surface area contributed by atoms with Crippen LogP contribution in [0.3, 0.4) is 0 Å². The van der Waals surface area contributed by atoms with Crippen LogP contribution < -0.4 is 5.32 Å². The van der Waals surface area contributed by atoms with Crippen LogP contribution in [-0.2, 0) is 16.3 Å². The first kappa shape index (κ1) is 14.1. The van der Waals surface area contributed by atoms with Gasteiger partial charge in [0.1, 0.15) is 0 Å². The number of rotatable bonds is 7. The molecule has 0 saturated carbocycles. The Morgan fingerprint density at radius 3 is 2.76 bits per heavy atom. The highest BCUT2D eigenvalue weighted by Gasteiger charge is 2.12. The molecule has 96 valence electrons. The third-order valence-corrected chi connectivity index (χ3v) is 4.43. The lowest BCUT2D eigenvalue weighted by atomic mass is 10.2. The van der Waals surface area contributed by atoms with Gasteiger partial charge >= 0.3 is 0 Å². The average Bonchev–Trinajstić information content (AvgIpc) is 2.30. The Bertz CT molecular complexity index is 417. The van der Waals surface area contributed by atoms with E-state index in [2.05, 4.69) is 10.3 Å². The van der Waals surface area contributed by atoms with Crippen molar-refractivity contribution in [2.45, 2.75) is 26.3 Å². The summed E-state index contributed by atoms with van der Waals surface area (Å²) >= 11 is 0. The fraction of sp³-hybridized carbons (Fsp3) is 0.583. The molecular weight excluding hydrogens is 236 g/mol. The van der Waals surface area contributed by atoms with Gasteiger partial charge in [-0.05, 0) is 19.1 Å². The Labute approximate surface area is 103 Å². The maximum atomic E-state index is 11.4. The summed E-state index contributed by atoms with van der Waals surface area (Å²) < 4.78 is 22.8. The molecule has 0 aromatic carbocycles. The normalized spacial score (nSPS) is 13.5. The van der Waals surface area contributed by atoms with Gasteiger partial charge < -0.3 is 5.32 Å². The van der Waals surface area contributed by atoms with Crippen molar-refractivity contribution < 1.29 is 8.42 Å². The Balaban J connectivity index is 2.28. The summed E-state index contributed by atoms with van der Waals surface area (Å²) in [5.74, 6) is 0.408. The van der Waals surface area contributed by atoms with Crippen LogP contribution in [0.5, 0.6) is 0 Å². The number of hydrogen-bond donors (Lipinski definition) is 1. The zero-order valence-corrected chi connectivity index (χ0v) is 11.2. The maximum Gasteiger partial charge on any atom is 0.151 e. The Kier molecular flexibility index (Phi) is 5.58. The number of sulfone groups is 1. The third kappa shape index (κ3) is 5.79. The number of pyridine rings is 1. The van der Waals surface area contributed by atoms with E-state index in [1.807, 2.05) is 25.1 Å². The molecule has 0 bridgehead atoms. The van der Waals surface area contributed by atoms with Crippen molar-refractivity contribution in [3.63, 3.8) is 0 Å². The lowest BCUT2D eigenvalue weighted by Crippen LogP contribution is -2.34. The minimum absolute atomic E-state index is 0.0105. The second-order valence-corrected chi connectivity index (χ2v) is 6.52. The largest absolute Gasteiger partial charge is 0.313 e. The molecule has 0 aliphatic rings. The Hall–Kier alpha value is -0.940. The van der Waals surface area contributed by atoms with Gasteiger partial charge in [-0.25, -0.2) is 8.42 Å². The van der Waals surface area contributed by atoms with Crippen molar-refractivity contribution in [3.05, 3.63) is 30.1 Å². The first-order chi connectivity index (χ1) is 8.03. The summed E-state index contributed by atoms with van der Waals surface area (Å²) in [6.07, 6.45) is 2.58. The summed E-state index contributed by atoms with van der Waals surface area (Å²) in [6, 6.07) is 5.79. The van der Waals surface area contributed by atoms with E-state index in [1.54, 1.807) is 13.1 Å². The van der Waals surface area contributed by atoms with E-state index in [4.69, 9.17) is 0 Å². The van der Waals surface area contributed by atoms with E-state index >= 15 is 0 Å². The molecule has 1 N–H and O–H groups in total. The second kappa shape index (κ2) is 6.71. The average molecular weight is 256 g/mol. The number of nitrogens with zero attached hydrogens (tertiary/aromatic N) is 1. The monoisotopic (exact) mass is 256 g/mol. The molecule has 0 amide bonds. The van der Waals surface area contributed by atoms with E-state index in [9.17, 15) is 8.42 Å². The number of nitrogens with one attached hydrogen (secondary N) is 1. The molecule has 0 aliphatic heterocycles. The molecule has 5 heteroatoms. The molecule has 1 unspecified atom stereocenters. The van der Waals surface area contributed by atoms with Crippen LogP contribution in [0.25, 0.3) is 0 Å². The molecule has 1 rings (SSSR count). The number of aromatic nitrogens is 1. The topological polar surface area (TPSA) is 59.1 Å². The molecule has 0 radical (unpaired) electrons. The fourth-order valence-corrected chi connectivity index (χ4v) is 2.67. The maximum absolute atomic E-state index is 11.4. The summed E-state index contributed by atoms with van der Waals surface area (Å²) in [6.45, 7) is 4.32. The molecule has 1 atom stereocenters. The van der Waals surface area contributed by atoms with Gasteiger partial charge in [0.2, 0.25) is 0 Å².